The zero-order valence-corrected chi connectivity index (χ0v) is 10.3. The van der Waals surface area contributed by atoms with Gasteiger partial charge >= 0.3 is 0 Å². The Morgan fingerprint density at radius 1 is 1.50 bits per heavy atom. The number of rotatable bonds is 4. The van der Waals surface area contributed by atoms with Crippen LogP contribution in [0.1, 0.15) is 32.8 Å². The second-order valence-corrected chi connectivity index (χ2v) is 4.49. The van der Waals surface area contributed by atoms with Crippen molar-refractivity contribution in [3.05, 3.63) is 23.6 Å². The van der Waals surface area contributed by atoms with Gasteiger partial charge in [-0.3, -0.25) is 0 Å². The van der Waals surface area contributed by atoms with Crippen molar-refractivity contribution in [2.24, 2.45) is 0 Å². The van der Waals surface area contributed by atoms with Gasteiger partial charge in [-0.2, -0.15) is 0 Å². The van der Waals surface area contributed by atoms with Crippen LogP contribution in [-0.4, -0.2) is 22.7 Å². The molecular formula is C12H19FN2O. The summed E-state index contributed by atoms with van der Waals surface area (Å²) >= 11 is 0. The summed E-state index contributed by atoms with van der Waals surface area (Å²) in [6.07, 6.45) is 2.40. The Hall–Kier alpha value is -1.16. The molecule has 0 aromatic carbocycles. The molecule has 0 aliphatic carbocycles. The quantitative estimate of drug-likeness (QED) is 0.856. The molecule has 0 radical (unpaired) electrons. The normalized spacial score (nSPS) is 11.6. The molecule has 1 rings (SSSR count). The molecule has 0 saturated carbocycles. The van der Waals surface area contributed by atoms with Crippen LogP contribution in [0, 0.1) is 5.82 Å². The maximum Gasteiger partial charge on any atom is 0.171 e. The number of nitrogens with zero attached hydrogens (tertiary/aromatic N) is 2. The number of anilines is 1. The average Bonchev–Trinajstić information content (AvgIpc) is 2.28. The summed E-state index contributed by atoms with van der Waals surface area (Å²) in [6, 6.07) is 1.49. The second kappa shape index (κ2) is 4.78. The predicted octanol–water partition coefficient (Wildman–Crippen LogP) is 2.34. The fourth-order valence-corrected chi connectivity index (χ4v) is 1.35. The largest absolute Gasteiger partial charge is 0.392 e. The van der Waals surface area contributed by atoms with E-state index in [4.69, 9.17) is 5.11 Å². The summed E-state index contributed by atoms with van der Waals surface area (Å²) in [7, 11) is 1.82. The smallest absolute Gasteiger partial charge is 0.171 e. The van der Waals surface area contributed by atoms with E-state index in [1.54, 1.807) is 0 Å². The van der Waals surface area contributed by atoms with E-state index < -0.39 is 5.82 Å². The third kappa shape index (κ3) is 2.32. The van der Waals surface area contributed by atoms with Crippen LogP contribution in [0.3, 0.4) is 0 Å². The van der Waals surface area contributed by atoms with Crippen molar-refractivity contribution in [3.8, 4) is 0 Å². The molecule has 1 N–H and O–H groups in total. The minimum Gasteiger partial charge on any atom is -0.392 e. The summed E-state index contributed by atoms with van der Waals surface area (Å²) in [5.41, 5.74) is 0.116. The number of aliphatic hydroxyl groups is 1. The number of aliphatic hydroxyl groups excluding tert-OH is 1. The summed E-state index contributed by atoms with van der Waals surface area (Å²) in [5.74, 6) is -0.146. The molecule has 4 heteroatoms. The van der Waals surface area contributed by atoms with Crippen LogP contribution in [0.2, 0.25) is 0 Å². The highest BCUT2D eigenvalue weighted by Gasteiger charge is 2.25. The summed E-state index contributed by atoms with van der Waals surface area (Å²) < 4.78 is 13.9. The minimum absolute atomic E-state index is 0.165. The van der Waals surface area contributed by atoms with Gasteiger partial charge in [-0.15, -0.1) is 0 Å². The Morgan fingerprint density at radius 2 is 2.12 bits per heavy atom. The van der Waals surface area contributed by atoms with Gasteiger partial charge in [0.2, 0.25) is 0 Å². The van der Waals surface area contributed by atoms with Crippen molar-refractivity contribution in [3.63, 3.8) is 0 Å². The predicted molar refractivity (Wildman–Crippen MR) is 62.9 cm³/mol. The lowest BCUT2D eigenvalue weighted by atomic mass is 10.00. The minimum atomic E-state index is -0.436. The van der Waals surface area contributed by atoms with Crippen LogP contribution >= 0.6 is 0 Å². The van der Waals surface area contributed by atoms with Crippen molar-refractivity contribution in [1.29, 1.82) is 0 Å². The van der Waals surface area contributed by atoms with Gasteiger partial charge < -0.3 is 10.0 Å². The number of aromatic nitrogens is 1. The molecule has 90 valence electrons. The Morgan fingerprint density at radius 3 is 2.62 bits per heavy atom. The number of hydrogen-bond donors (Lipinski definition) is 1. The monoisotopic (exact) mass is 226 g/mol. The van der Waals surface area contributed by atoms with Crippen molar-refractivity contribution in [2.45, 2.75) is 39.3 Å². The molecular weight excluding hydrogens is 207 g/mol. The zero-order chi connectivity index (χ0) is 12.3. The topological polar surface area (TPSA) is 36.4 Å². The molecule has 0 fully saturated rings. The highest BCUT2D eigenvalue weighted by molar-refractivity contribution is 5.44. The SMILES string of the molecule is CCC(C)(C)N(C)c1nccc(CO)c1F. The molecule has 0 amide bonds. The van der Waals surface area contributed by atoms with E-state index in [0.29, 0.717) is 5.82 Å². The van der Waals surface area contributed by atoms with Crippen LogP contribution in [0.25, 0.3) is 0 Å². The Bertz CT molecular complexity index is 366. The van der Waals surface area contributed by atoms with Crippen molar-refractivity contribution >= 4 is 5.82 Å². The number of halogens is 1. The van der Waals surface area contributed by atoms with E-state index in [-0.39, 0.29) is 17.7 Å². The zero-order valence-electron chi connectivity index (χ0n) is 10.3. The molecule has 1 heterocycles. The maximum absolute atomic E-state index is 13.9. The van der Waals surface area contributed by atoms with Crippen LogP contribution < -0.4 is 4.90 Å². The second-order valence-electron chi connectivity index (χ2n) is 4.49. The van der Waals surface area contributed by atoms with Crippen LogP contribution in [0.5, 0.6) is 0 Å². The van der Waals surface area contributed by atoms with Gasteiger partial charge in [-0.25, -0.2) is 9.37 Å². The molecule has 0 saturated heterocycles. The van der Waals surface area contributed by atoms with Crippen molar-refractivity contribution in [1.82, 2.24) is 4.98 Å². The van der Waals surface area contributed by atoms with E-state index in [1.165, 1.54) is 12.3 Å². The van der Waals surface area contributed by atoms with Crippen LogP contribution in [-0.2, 0) is 6.61 Å². The first-order chi connectivity index (χ1) is 7.44. The summed E-state index contributed by atoms with van der Waals surface area (Å²) in [4.78, 5) is 5.85. The molecule has 0 spiro atoms. The molecule has 0 atom stereocenters. The van der Waals surface area contributed by atoms with Gasteiger partial charge in [0.25, 0.3) is 0 Å². The lowest BCUT2D eigenvalue weighted by molar-refractivity contribution is 0.275. The molecule has 0 unspecified atom stereocenters. The highest BCUT2D eigenvalue weighted by atomic mass is 19.1. The fraction of sp³-hybridized carbons (Fsp3) is 0.583. The highest BCUT2D eigenvalue weighted by Crippen LogP contribution is 2.26. The fourth-order valence-electron chi connectivity index (χ4n) is 1.35. The molecule has 0 aliphatic heterocycles. The Kier molecular flexibility index (Phi) is 3.86. The third-order valence-corrected chi connectivity index (χ3v) is 3.21. The molecule has 0 aliphatic rings. The van der Waals surface area contributed by atoms with E-state index in [0.717, 1.165) is 6.42 Å². The van der Waals surface area contributed by atoms with Crippen molar-refractivity contribution in [2.75, 3.05) is 11.9 Å². The molecule has 0 bridgehead atoms. The van der Waals surface area contributed by atoms with Gasteiger partial charge in [0.05, 0.1) is 6.61 Å². The van der Waals surface area contributed by atoms with Gasteiger partial charge in [-0.1, -0.05) is 6.92 Å². The molecule has 16 heavy (non-hydrogen) atoms. The van der Waals surface area contributed by atoms with Crippen LogP contribution in [0.4, 0.5) is 10.2 Å². The molecule has 1 aromatic rings. The first kappa shape index (κ1) is 12.9. The van der Waals surface area contributed by atoms with Gasteiger partial charge in [0.15, 0.2) is 11.6 Å². The first-order valence-electron chi connectivity index (χ1n) is 5.42. The lowest BCUT2D eigenvalue weighted by Gasteiger charge is -2.36. The first-order valence-corrected chi connectivity index (χ1v) is 5.42. The lowest BCUT2D eigenvalue weighted by Crippen LogP contribution is -2.41. The Labute approximate surface area is 95.9 Å². The van der Waals surface area contributed by atoms with E-state index >= 15 is 0 Å². The van der Waals surface area contributed by atoms with Crippen LogP contribution in [0.15, 0.2) is 12.3 Å². The summed E-state index contributed by atoms with van der Waals surface area (Å²) in [6.45, 7) is 5.80. The summed E-state index contributed by atoms with van der Waals surface area (Å²) in [5, 5.41) is 9.00. The maximum atomic E-state index is 13.9. The standard InChI is InChI=1S/C12H19FN2O/c1-5-12(2,3)15(4)11-10(13)9(8-16)6-7-14-11/h6-7,16H,5,8H2,1-4H3. The van der Waals surface area contributed by atoms with E-state index in [1.807, 2.05) is 32.7 Å². The van der Waals surface area contributed by atoms with Gasteiger partial charge in [0, 0.05) is 24.3 Å². The number of hydrogen-bond acceptors (Lipinski definition) is 3. The molecule has 1 aromatic heterocycles. The number of pyridine rings is 1. The van der Waals surface area contributed by atoms with E-state index in [9.17, 15) is 4.39 Å². The van der Waals surface area contributed by atoms with E-state index in [2.05, 4.69) is 4.98 Å². The molecule has 3 nitrogen and oxygen atoms in total. The van der Waals surface area contributed by atoms with Gasteiger partial charge in [0.1, 0.15) is 0 Å². The Balaban J connectivity index is 3.14. The van der Waals surface area contributed by atoms with Gasteiger partial charge in [-0.05, 0) is 26.3 Å². The average molecular weight is 226 g/mol. The van der Waals surface area contributed by atoms with Crippen molar-refractivity contribution < 1.29 is 9.50 Å². The third-order valence-electron chi connectivity index (χ3n) is 3.21.